The molecule has 0 bridgehead atoms. The van der Waals surface area contributed by atoms with Gasteiger partial charge in [0, 0.05) is 51.1 Å². The van der Waals surface area contributed by atoms with Crippen molar-refractivity contribution in [1.29, 1.82) is 0 Å². The molecule has 1 aliphatic heterocycles. The van der Waals surface area contributed by atoms with E-state index in [1.165, 1.54) is 11.1 Å². The zero-order valence-corrected chi connectivity index (χ0v) is 20.3. The van der Waals surface area contributed by atoms with Crippen LogP contribution in [0.4, 0.5) is 5.69 Å². The summed E-state index contributed by atoms with van der Waals surface area (Å²) >= 11 is 0. The topological polar surface area (TPSA) is 66.1 Å². The molecule has 0 aromatic heterocycles. The summed E-state index contributed by atoms with van der Waals surface area (Å²) in [5.41, 5.74) is 10.7. The molecule has 3 N–H and O–H groups in total. The average molecular weight is 523 g/mol. The number of hydrogen-bond acceptors (Lipinski definition) is 4. The van der Waals surface area contributed by atoms with Crippen molar-refractivity contribution in [3.05, 3.63) is 65.2 Å². The fourth-order valence-corrected chi connectivity index (χ4v) is 3.64. The first-order chi connectivity index (χ1) is 14.2. The molecule has 2 aromatic rings. The third kappa shape index (κ3) is 7.23. The van der Waals surface area contributed by atoms with Gasteiger partial charge in [-0.15, -0.1) is 24.0 Å². The van der Waals surface area contributed by atoms with Crippen molar-refractivity contribution in [1.82, 2.24) is 9.80 Å². The summed E-state index contributed by atoms with van der Waals surface area (Å²) in [4.78, 5) is 9.61. The Morgan fingerprint density at radius 2 is 1.57 bits per heavy atom. The van der Waals surface area contributed by atoms with Crippen LogP contribution in [0.15, 0.2) is 53.5 Å². The van der Waals surface area contributed by atoms with E-state index >= 15 is 0 Å². The van der Waals surface area contributed by atoms with Crippen LogP contribution in [0.2, 0.25) is 0 Å². The highest BCUT2D eigenvalue weighted by Gasteiger charge is 2.16. The van der Waals surface area contributed by atoms with Crippen LogP contribution in [0.3, 0.4) is 0 Å². The summed E-state index contributed by atoms with van der Waals surface area (Å²) in [6, 6.07) is 16.5. The van der Waals surface area contributed by atoms with Crippen LogP contribution in [0, 0.1) is 0 Å². The van der Waals surface area contributed by atoms with Crippen LogP contribution in [-0.4, -0.2) is 55.6 Å². The van der Waals surface area contributed by atoms with Gasteiger partial charge >= 0.3 is 0 Å². The van der Waals surface area contributed by atoms with Crippen LogP contribution in [0.5, 0.6) is 0 Å². The first-order valence-electron chi connectivity index (χ1n) is 10.3. The van der Waals surface area contributed by atoms with Gasteiger partial charge in [0.15, 0.2) is 5.96 Å². The maximum atomic E-state index is 6.17. The molecule has 0 aliphatic carbocycles. The van der Waals surface area contributed by atoms with Crippen LogP contribution < -0.4 is 11.1 Å². The minimum Gasteiger partial charge on any atom is -0.380 e. The number of ether oxygens (including phenoxy) is 1. The number of nitrogens with one attached hydrogen (secondary N) is 1. The van der Waals surface area contributed by atoms with Crippen molar-refractivity contribution in [3.8, 4) is 0 Å². The molecular formula is C23H34IN5O. The summed E-state index contributed by atoms with van der Waals surface area (Å²) in [6.07, 6.45) is 0. The third-order valence-electron chi connectivity index (χ3n) is 5.42. The van der Waals surface area contributed by atoms with Gasteiger partial charge in [0.1, 0.15) is 0 Å². The lowest BCUT2D eigenvalue weighted by Gasteiger charge is -2.34. The molecule has 0 amide bonds. The lowest BCUT2D eigenvalue weighted by atomic mass is 10.1. The molecule has 1 fully saturated rings. The largest absolute Gasteiger partial charge is 0.380 e. The number of para-hydroxylation sites is 1. The number of piperazine rings is 1. The summed E-state index contributed by atoms with van der Waals surface area (Å²) in [7, 11) is 1.69. The van der Waals surface area contributed by atoms with Crippen molar-refractivity contribution in [2.45, 2.75) is 26.6 Å². The Morgan fingerprint density at radius 3 is 2.23 bits per heavy atom. The number of nitrogens with two attached hydrogens (primary N) is 1. The molecule has 0 unspecified atom stereocenters. The number of guanidine groups is 1. The second-order valence-electron chi connectivity index (χ2n) is 7.40. The normalized spacial score (nSPS) is 15.6. The second-order valence-corrected chi connectivity index (χ2v) is 7.40. The number of methoxy groups -OCH3 is 1. The van der Waals surface area contributed by atoms with Crippen LogP contribution >= 0.6 is 24.0 Å². The molecule has 1 saturated heterocycles. The first kappa shape index (κ1) is 24.6. The van der Waals surface area contributed by atoms with Gasteiger partial charge in [-0.3, -0.25) is 4.90 Å². The standard InChI is InChI=1S/C23H33N5O.HI/c1-3-27-12-14-28(15-13-27)17-20-9-5-4-8-19(20)16-25-23(24)26-22-11-7-6-10-21(22)18-29-2;/h4-11H,3,12-18H2,1-2H3,(H3,24,25,26);1H. The lowest BCUT2D eigenvalue weighted by molar-refractivity contribution is 0.131. The zero-order valence-electron chi connectivity index (χ0n) is 18.0. The molecule has 0 radical (unpaired) electrons. The van der Waals surface area contributed by atoms with Gasteiger partial charge in [-0.25, -0.2) is 4.99 Å². The van der Waals surface area contributed by atoms with E-state index in [1.807, 2.05) is 24.3 Å². The minimum absolute atomic E-state index is 0. The zero-order chi connectivity index (χ0) is 20.5. The van der Waals surface area contributed by atoms with Crippen molar-refractivity contribution >= 4 is 35.6 Å². The monoisotopic (exact) mass is 523 g/mol. The number of hydrogen-bond donors (Lipinski definition) is 2. The predicted molar refractivity (Wildman–Crippen MR) is 135 cm³/mol. The molecule has 1 aliphatic rings. The van der Waals surface area contributed by atoms with E-state index in [0.717, 1.165) is 50.5 Å². The number of nitrogens with zero attached hydrogens (tertiary/aromatic N) is 3. The first-order valence-corrected chi connectivity index (χ1v) is 10.3. The maximum absolute atomic E-state index is 6.17. The van der Waals surface area contributed by atoms with Crippen LogP contribution in [0.25, 0.3) is 0 Å². The van der Waals surface area contributed by atoms with Gasteiger partial charge in [-0.2, -0.15) is 0 Å². The average Bonchev–Trinajstić information content (AvgIpc) is 2.75. The molecule has 7 heteroatoms. The van der Waals surface area contributed by atoms with E-state index in [0.29, 0.717) is 19.1 Å². The van der Waals surface area contributed by atoms with Gasteiger partial charge in [0.05, 0.1) is 13.2 Å². The Kier molecular flexibility index (Phi) is 10.6. The van der Waals surface area contributed by atoms with Gasteiger partial charge in [-0.05, 0) is 23.7 Å². The fourth-order valence-electron chi connectivity index (χ4n) is 3.64. The molecule has 164 valence electrons. The number of benzene rings is 2. The molecule has 0 spiro atoms. The van der Waals surface area contributed by atoms with Crippen molar-refractivity contribution in [3.63, 3.8) is 0 Å². The Morgan fingerprint density at radius 1 is 0.967 bits per heavy atom. The molecule has 1 heterocycles. The molecule has 2 aromatic carbocycles. The van der Waals surface area contributed by atoms with E-state index in [4.69, 9.17) is 10.5 Å². The smallest absolute Gasteiger partial charge is 0.193 e. The quantitative estimate of drug-likeness (QED) is 0.315. The highest BCUT2D eigenvalue weighted by Crippen LogP contribution is 2.17. The minimum atomic E-state index is 0. The maximum Gasteiger partial charge on any atom is 0.193 e. The number of rotatable bonds is 8. The van der Waals surface area contributed by atoms with Crippen LogP contribution in [0.1, 0.15) is 23.6 Å². The van der Waals surface area contributed by atoms with Crippen molar-refractivity contribution < 1.29 is 4.74 Å². The molecule has 30 heavy (non-hydrogen) atoms. The summed E-state index contributed by atoms with van der Waals surface area (Å²) < 4.78 is 5.25. The Hall–Kier alpha value is -1.68. The summed E-state index contributed by atoms with van der Waals surface area (Å²) in [6.45, 7) is 9.96. The third-order valence-corrected chi connectivity index (χ3v) is 5.42. The SMILES string of the molecule is CCN1CCN(Cc2ccccc2CN=C(N)Nc2ccccc2COC)CC1.I. The number of likely N-dealkylation sites (N-methyl/N-ethyl adjacent to an activating group) is 1. The van der Waals surface area contributed by atoms with Gasteiger partial charge in [0.2, 0.25) is 0 Å². The molecule has 6 nitrogen and oxygen atoms in total. The molecule has 3 rings (SSSR count). The number of anilines is 1. The van der Waals surface area contributed by atoms with Crippen LogP contribution in [-0.2, 0) is 24.4 Å². The Labute approximate surface area is 197 Å². The Bertz CT molecular complexity index is 806. The van der Waals surface area contributed by atoms with Crippen molar-refractivity contribution in [2.24, 2.45) is 10.7 Å². The van der Waals surface area contributed by atoms with E-state index in [9.17, 15) is 0 Å². The summed E-state index contributed by atoms with van der Waals surface area (Å²) in [5, 5.41) is 3.21. The Balaban J connectivity index is 0.00000320. The van der Waals surface area contributed by atoms with Gasteiger partial charge in [-0.1, -0.05) is 49.4 Å². The highest BCUT2D eigenvalue weighted by molar-refractivity contribution is 14.0. The van der Waals surface area contributed by atoms with Gasteiger partial charge < -0.3 is 20.7 Å². The van der Waals surface area contributed by atoms with Gasteiger partial charge in [0.25, 0.3) is 0 Å². The van der Waals surface area contributed by atoms with Crippen molar-refractivity contribution in [2.75, 3.05) is 45.2 Å². The molecule has 0 saturated carbocycles. The predicted octanol–water partition coefficient (Wildman–Crippen LogP) is 3.52. The number of halogens is 1. The molecule has 0 atom stereocenters. The van der Waals surface area contributed by atoms with E-state index < -0.39 is 0 Å². The fraction of sp³-hybridized carbons (Fsp3) is 0.435. The van der Waals surface area contributed by atoms with E-state index in [1.54, 1.807) is 7.11 Å². The van der Waals surface area contributed by atoms with E-state index in [-0.39, 0.29) is 24.0 Å². The second kappa shape index (κ2) is 12.9. The lowest BCUT2D eigenvalue weighted by Crippen LogP contribution is -2.45. The summed E-state index contributed by atoms with van der Waals surface area (Å²) in [5.74, 6) is 0.417. The molecular weight excluding hydrogens is 489 g/mol. The number of aliphatic imine (C=N–C) groups is 1. The highest BCUT2D eigenvalue weighted by atomic mass is 127. The van der Waals surface area contributed by atoms with E-state index in [2.05, 4.69) is 51.3 Å².